The maximum absolute atomic E-state index is 14.4. The van der Waals surface area contributed by atoms with Crippen molar-refractivity contribution in [1.29, 1.82) is 0 Å². The fraction of sp³-hybridized carbons (Fsp3) is 0.731. The number of thioether (sulfide) groups is 1. The summed E-state index contributed by atoms with van der Waals surface area (Å²) in [6.07, 6.45) is 6.35. The number of rotatable bonds is 12. The Labute approximate surface area is 222 Å². The summed E-state index contributed by atoms with van der Waals surface area (Å²) in [6.45, 7) is 14.2. The van der Waals surface area contributed by atoms with E-state index in [0.29, 0.717) is 25.9 Å². The molecule has 7 nitrogen and oxygen atoms in total. The Morgan fingerprint density at radius 3 is 2.49 bits per heavy atom. The third-order valence-electron chi connectivity index (χ3n) is 7.95. The van der Waals surface area contributed by atoms with Gasteiger partial charge in [0, 0.05) is 36.3 Å². The zero-order valence-electron chi connectivity index (χ0n) is 21.4. The van der Waals surface area contributed by atoms with Crippen molar-refractivity contribution in [2.75, 3.05) is 26.7 Å². The summed E-state index contributed by atoms with van der Waals surface area (Å²) in [5.41, 5.74) is 0. The number of halogens is 1. The van der Waals surface area contributed by atoms with Crippen molar-refractivity contribution in [3.05, 3.63) is 25.3 Å². The van der Waals surface area contributed by atoms with Gasteiger partial charge in [0.15, 0.2) is 0 Å². The normalized spacial score (nSPS) is 32.8. The molecular weight excluding hydrogens is 530 g/mol. The highest BCUT2D eigenvalue weighted by atomic mass is 79.9. The molecule has 1 spiro atoms. The van der Waals surface area contributed by atoms with Crippen LogP contribution in [0.25, 0.3) is 0 Å². The molecule has 3 saturated heterocycles. The minimum Gasteiger partial charge on any atom is -0.394 e. The largest absolute Gasteiger partial charge is 0.394 e. The number of nitrogens with zero attached hydrogens (tertiary/aromatic N) is 3. The minimum atomic E-state index is -0.728. The van der Waals surface area contributed by atoms with Crippen molar-refractivity contribution >= 4 is 45.4 Å². The molecule has 3 aliphatic rings. The predicted octanol–water partition coefficient (Wildman–Crippen LogP) is 3.07. The summed E-state index contributed by atoms with van der Waals surface area (Å²) in [7, 11) is 1.73. The Kier molecular flexibility index (Phi) is 9.19. The summed E-state index contributed by atoms with van der Waals surface area (Å²) in [5, 5.41) is 10.1. The van der Waals surface area contributed by atoms with Crippen molar-refractivity contribution in [2.24, 2.45) is 11.8 Å². The molecule has 8 atom stereocenters. The van der Waals surface area contributed by atoms with E-state index in [1.165, 1.54) is 0 Å². The molecule has 35 heavy (non-hydrogen) atoms. The number of amides is 3. The van der Waals surface area contributed by atoms with Gasteiger partial charge in [0.1, 0.15) is 6.04 Å². The molecule has 0 saturated carbocycles. The molecule has 3 rings (SSSR count). The summed E-state index contributed by atoms with van der Waals surface area (Å²) in [5.74, 6) is -1.47. The number of likely N-dealkylation sites (N-methyl/N-ethyl adjacent to an activating group) is 1. The van der Waals surface area contributed by atoms with Crippen LogP contribution in [-0.4, -0.2) is 97.2 Å². The van der Waals surface area contributed by atoms with E-state index in [0.717, 1.165) is 12.8 Å². The molecule has 2 bridgehead atoms. The van der Waals surface area contributed by atoms with Crippen LogP contribution >= 0.6 is 27.7 Å². The third-order valence-corrected chi connectivity index (χ3v) is 11.2. The standard InChI is InChI=1S/C26H40BrN3O4S/c1-7-11-16(5)29(13-9-3)25(34)22-26-14-18(27)21(35-26)19(23(32)28(6)12-8-2)20(26)24(33)30(22)17(10-4)15-31/h8-9,16-22,31H,2-3,7,10-15H2,1,4-6H3/t16?,17-,18?,19-,20-,21-,22?,26?/m0/s1. The molecule has 9 heteroatoms. The van der Waals surface area contributed by atoms with Crippen LogP contribution in [-0.2, 0) is 14.4 Å². The molecule has 1 N–H and O–H groups in total. The molecular formula is C26H40BrN3O4S. The lowest BCUT2D eigenvalue weighted by atomic mass is 9.70. The van der Waals surface area contributed by atoms with E-state index >= 15 is 0 Å². The Bertz CT molecular complexity index is 852. The lowest BCUT2D eigenvalue weighted by Gasteiger charge is -2.41. The third kappa shape index (κ3) is 4.61. The molecule has 196 valence electrons. The van der Waals surface area contributed by atoms with Gasteiger partial charge in [0.25, 0.3) is 0 Å². The van der Waals surface area contributed by atoms with Crippen LogP contribution in [0.3, 0.4) is 0 Å². The van der Waals surface area contributed by atoms with Gasteiger partial charge in [-0.3, -0.25) is 14.4 Å². The van der Waals surface area contributed by atoms with Crippen LogP contribution in [0.5, 0.6) is 0 Å². The molecule has 0 aromatic carbocycles. The van der Waals surface area contributed by atoms with Gasteiger partial charge in [-0.05, 0) is 26.2 Å². The van der Waals surface area contributed by atoms with E-state index in [4.69, 9.17) is 0 Å². The first-order chi connectivity index (χ1) is 16.6. The molecule has 3 aliphatic heterocycles. The number of fused-ring (bicyclic) bond motifs is 1. The molecule has 4 unspecified atom stereocenters. The number of carbonyl (C=O) groups is 3. The van der Waals surface area contributed by atoms with Crippen LogP contribution in [0.2, 0.25) is 0 Å². The van der Waals surface area contributed by atoms with Crippen LogP contribution in [0.1, 0.15) is 46.5 Å². The highest BCUT2D eigenvalue weighted by molar-refractivity contribution is 9.09. The van der Waals surface area contributed by atoms with Gasteiger partial charge in [0.2, 0.25) is 17.7 Å². The molecule has 3 amide bonds. The maximum Gasteiger partial charge on any atom is 0.247 e. The fourth-order valence-corrected chi connectivity index (χ4v) is 9.92. The Balaban J connectivity index is 2.12. The van der Waals surface area contributed by atoms with E-state index in [1.54, 1.807) is 40.8 Å². The van der Waals surface area contributed by atoms with Gasteiger partial charge in [0.05, 0.1) is 29.2 Å². The number of aliphatic hydroxyl groups excluding tert-OH is 1. The molecule has 0 aromatic heterocycles. The second-order valence-electron chi connectivity index (χ2n) is 10.1. The lowest BCUT2D eigenvalue weighted by molar-refractivity contribution is -0.147. The average molecular weight is 571 g/mol. The summed E-state index contributed by atoms with van der Waals surface area (Å²) < 4.78 is -0.712. The second-order valence-corrected chi connectivity index (χ2v) is 12.8. The van der Waals surface area contributed by atoms with E-state index in [2.05, 4.69) is 36.0 Å². The van der Waals surface area contributed by atoms with Gasteiger partial charge in [-0.15, -0.1) is 24.9 Å². The fourth-order valence-electron chi connectivity index (χ4n) is 6.33. The van der Waals surface area contributed by atoms with E-state index < -0.39 is 28.7 Å². The number of carbonyl (C=O) groups excluding carboxylic acids is 3. The van der Waals surface area contributed by atoms with Crippen LogP contribution in [0.4, 0.5) is 0 Å². The molecule has 3 fully saturated rings. The maximum atomic E-state index is 14.4. The zero-order chi connectivity index (χ0) is 26.1. The monoisotopic (exact) mass is 569 g/mol. The highest BCUT2D eigenvalue weighted by Crippen LogP contribution is 2.68. The summed E-state index contributed by atoms with van der Waals surface area (Å²) in [4.78, 5) is 47.2. The highest BCUT2D eigenvalue weighted by Gasteiger charge is 2.76. The number of aliphatic hydroxyl groups is 1. The number of hydrogen-bond acceptors (Lipinski definition) is 5. The van der Waals surface area contributed by atoms with Crippen LogP contribution < -0.4 is 0 Å². The summed E-state index contributed by atoms with van der Waals surface area (Å²) >= 11 is 5.44. The average Bonchev–Trinajstić information content (AvgIpc) is 3.41. The van der Waals surface area contributed by atoms with Crippen molar-refractivity contribution < 1.29 is 19.5 Å². The summed E-state index contributed by atoms with van der Waals surface area (Å²) in [6, 6.07) is -1.21. The SMILES string of the molecule is C=CCN(C)C(=O)[C@H]1[C@H]2C(=O)N([C@@H](CC)CO)C(C(=O)N(CC=C)C(C)CCC)C23CC(Br)[C@@H]1S3. The lowest BCUT2D eigenvalue weighted by Crippen LogP contribution is -2.59. The number of hydrogen-bond donors (Lipinski definition) is 1. The quantitative estimate of drug-likeness (QED) is 0.288. The molecule has 3 heterocycles. The Hall–Kier alpha value is -1.32. The number of likely N-dealkylation sites (tertiary alicyclic amines) is 1. The minimum absolute atomic E-state index is 0.00775. The zero-order valence-corrected chi connectivity index (χ0v) is 23.8. The van der Waals surface area contributed by atoms with E-state index in [9.17, 15) is 19.5 Å². The number of alkyl halides is 1. The van der Waals surface area contributed by atoms with E-state index in [-0.39, 0.29) is 40.4 Å². The Morgan fingerprint density at radius 2 is 1.94 bits per heavy atom. The smallest absolute Gasteiger partial charge is 0.247 e. The topological polar surface area (TPSA) is 81.2 Å². The van der Waals surface area contributed by atoms with Crippen molar-refractivity contribution in [1.82, 2.24) is 14.7 Å². The van der Waals surface area contributed by atoms with Gasteiger partial charge in [-0.2, -0.15) is 0 Å². The van der Waals surface area contributed by atoms with E-state index in [1.807, 2.05) is 18.7 Å². The molecule has 0 radical (unpaired) electrons. The molecule has 0 aromatic rings. The Morgan fingerprint density at radius 1 is 1.29 bits per heavy atom. The van der Waals surface area contributed by atoms with Crippen LogP contribution in [0, 0.1) is 11.8 Å². The first-order valence-electron chi connectivity index (χ1n) is 12.7. The first-order valence-corrected chi connectivity index (χ1v) is 14.5. The van der Waals surface area contributed by atoms with Gasteiger partial charge in [-0.1, -0.05) is 48.4 Å². The van der Waals surface area contributed by atoms with Crippen molar-refractivity contribution in [3.63, 3.8) is 0 Å². The van der Waals surface area contributed by atoms with Gasteiger partial charge < -0.3 is 19.8 Å². The van der Waals surface area contributed by atoms with Gasteiger partial charge in [-0.25, -0.2) is 0 Å². The predicted molar refractivity (Wildman–Crippen MR) is 144 cm³/mol. The van der Waals surface area contributed by atoms with Gasteiger partial charge >= 0.3 is 0 Å². The van der Waals surface area contributed by atoms with Crippen molar-refractivity contribution in [3.8, 4) is 0 Å². The molecule has 0 aliphatic carbocycles. The van der Waals surface area contributed by atoms with Crippen LogP contribution in [0.15, 0.2) is 25.3 Å². The second kappa shape index (κ2) is 11.4. The first kappa shape index (κ1) is 28.3. The van der Waals surface area contributed by atoms with Crippen molar-refractivity contribution in [2.45, 2.75) is 79.4 Å².